The third kappa shape index (κ3) is 4.36. The van der Waals surface area contributed by atoms with Crippen molar-refractivity contribution in [3.63, 3.8) is 0 Å². The van der Waals surface area contributed by atoms with E-state index in [-0.39, 0.29) is 11.8 Å². The number of amides is 2. The Kier molecular flexibility index (Phi) is 6.17. The van der Waals surface area contributed by atoms with Gasteiger partial charge in [0.25, 0.3) is 0 Å². The first kappa shape index (κ1) is 19.5. The fourth-order valence-electron chi connectivity index (χ4n) is 3.70. The number of hydrogen-bond acceptors (Lipinski definition) is 6. The maximum absolute atomic E-state index is 12.9. The second-order valence-electron chi connectivity index (χ2n) is 7.73. The van der Waals surface area contributed by atoms with Gasteiger partial charge >= 0.3 is 0 Å². The van der Waals surface area contributed by atoms with Gasteiger partial charge in [0.1, 0.15) is 5.41 Å². The summed E-state index contributed by atoms with van der Waals surface area (Å²) >= 11 is 0. The topological polar surface area (TPSA) is 80.3 Å². The van der Waals surface area contributed by atoms with E-state index >= 15 is 0 Å². The van der Waals surface area contributed by atoms with Gasteiger partial charge in [-0.2, -0.15) is 0 Å². The number of nitrogens with one attached hydrogen (secondary N) is 1. The van der Waals surface area contributed by atoms with E-state index in [1.165, 1.54) is 0 Å². The minimum absolute atomic E-state index is 0.130. The lowest BCUT2D eigenvalue weighted by Crippen LogP contribution is -2.54. The highest BCUT2D eigenvalue weighted by molar-refractivity contribution is 6.04. The van der Waals surface area contributed by atoms with E-state index in [9.17, 15) is 9.59 Å². The van der Waals surface area contributed by atoms with Crippen LogP contribution in [0.25, 0.3) is 0 Å². The van der Waals surface area contributed by atoms with Gasteiger partial charge in [-0.1, -0.05) is 0 Å². The molecule has 1 spiro atoms. The highest BCUT2D eigenvalue weighted by atomic mass is 16.7. The van der Waals surface area contributed by atoms with Crippen molar-refractivity contribution in [2.45, 2.75) is 32.5 Å². The predicted octanol–water partition coefficient (Wildman–Crippen LogP) is -0.173. The van der Waals surface area contributed by atoms with E-state index in [1.807, 2.05) is 0 Å². The quantitative estimate of drug-likeness (QED) is 0.678. The molecule has 3 aliphatic heterocycles. The van der Waals surface area contributed by atoms with Crippen molar-refractivity contribution < 1.29 is 23.8 Å². The van der Waals surface area contributed by atoms with Crippen molar-refractivity contribution in [2.75, 3.05) is 65.7 Å². The molecule has 0 radical (unpaired) electrons. The maximum atomic E-state index is 12.9. The molecule has 3 aliphatic rings. The van der Waals surface area contributed by atoms with Gasteiger partial charge in [0.15, 0.2) is 5.79 Å². The third-order valence-electron chi connectivity index (χ3n) is 5.55. The SMILES string of the molecule is CC(C)(C(=O)NCCN1CCOCC1)C(=O)N1CCC2(CC1)OCCO2. The van der Waals surface area contributed by atoms with E-state index < -0.39 is 11.2 Å². The molecule has 8 heteroatoms. The van der Waals surface area contributed by atoms with Crippen molar-refractivity contribution in [2.24, 2.45) is 5.41 Å². The molecule has 2 amide bonds. The lowest BCUT2D eigenvalue weighted by molar-refractivity contribution is -0.189. The molecule has 26 heavy (non-hydrogen) atoms. The summed E-state index contributed by atoms with van der Waals surface area (Å²) in [5, 5.41) is 2.92. The standard InChI is InChI=1S/C18H31N3O5/c1-17(2,15(22)19-5-8-20-9-11-24-12-10-20)16(23)21-6-3-18(4-7-21)25-13-14-26-18/h3-14H2,1-2H3,(H,19,22). The number of carbonyl (C=O) groups excluding carboxylic acids is 2. The molecule has 3 heterocycles. The Morgan fingerprint density at radius 2 is 1.62 bits per heavy atom. The van der Waals surface area contributed by atoms with E-state index in [0.717, 1.165) is 32.8 Å². The van der Waals surface area contributed by atoms with Gasteiger partial charge in [0.05, 0.1) is 26.4 Å². The average Bonchev–Trinajstić information content (AvgIpc) is 3.10. The Morgan fingerprint density at radius 3 is 2.23 bits per heavy atom. The van der Waals surface area contributed by atoms with Crippen LogP contribution in [0.4, 0.5) is 0 Å². The summed E-state index contributed by atoms with van der Waals surface area (Å²) < 4.78 is 16.7. The van der Waals surface area contributed by atoms with Crippen LogP contribution in [0, 0.1) is 5.41 Å². The van der Waals surface area contributed by atoms with Crippen molar-refractivity contribution in [1.29, 1.82) is 0 Å². The second-order valence-corrected chi connectivity index (χ2v) is 7.73. The number of carbonyl (C=O) groups is 2. The fraction of sp³-hybridized carbons (Fsp3) is 0.889. The molecule has 0 aromatic heterocycles. The first-order valence-electron chi connectivity index (χ1n) is 9.59. The van der Waals surface area contributed by atoms with Gasteiger partial charge in [-0.25, -0.2) is 0 Å². The zero-order chi connectivity index (χ0) is 18.6. The maximum Gasteiger partial charge on any atom is 0.237 e. The molecule has 3 saturated heterocycles. The Morgan fingerprint density at radius 1 is 1.00 bits per heavy atom. The Hall–Kier alpha value is -1.22. The highest BCUT2D eigenvalue weighted by Crippen LogP contribution is 2.33. The number of piperidine rings is 1. The van der Waals surface area contributed by atoms with Gasteiger partial charge in [-0.15, -0.1) is 0 Å². The summed E-state index contributed by atoms with van der Waals surface area (Å²) in [5.41, 5.74) is -1.08. The third-order valence-corrected chi connectivity index (χ3v) is 5.55. The predicted molar refractivity (Wildman–Crippen MR) is 94.5 cm³/mol. The molecule has 0 aliphatic carbocycles. The number of nitrogens with zero attached hydrogens (tertiary/aromatic N) is 2. The van der Waals surface area contributed by atoms with Crippen molar-refractivity contribution in [1.82, 2.24) is 15.1 Å². The second kappa shape index (κ2) is 8.21. The monoisotopic (exact) mass is 369 g/mol. The van der Waals surface area contributed by atoms with Crippen LogP contribution in [0.1, 0.15) is 26.7 Å². The van der Waals surface area contributed by atoms with Crippen LogP contribution in [0.2, 0.25) is 0 Å². The van der Waals surface area contributed by atoms with Crippen LogP contribution in [-0.2, 0) is 23.8 Å². The lowest BCUT2D eigenvalue weighted by atomic mass is 9.89. The summed E-state index contributed by atoms with van der Waals surface area (Å²) in [6.45, 7) is 10.3. The normalized spacial score (nSPS) is 24.0. The van der Waals surface area contributed by atoms with Gasteiger partial charge in [0.2, 0.25) is 11.8 Å². The van der Waals surface area contributed by atoms with Crippen LogP contribution < -0.4 is 5.32 Å². The molecule has 3 rings (SSSR count). The molecular formula is C18H31N3O5. The Bertz CT molecular complexity index is 503. The molecular weight excluding hydrogens is 338 g/mol. The van der Waals surface area contributed by atoms with E-state index in [1.54, 1.807) is 18.7 Å². The first-order valence-corrected chi connectivity index (χ1v) is 9.59. The van der Waals surface area contributed by atoms with Crippen LogP contribution in [-0.4, -0.2) is 93.1 Å². The molecule has 0 atom stereocenters. The van der Waals surface area contributed by atoms with Gasteiger partial charge < -0.3 is 24.4 Å². The number of hydrogen-bond donors (Lipinski definition) is 1. The van der Waals surface area contributed by atoms with E-state index in [4.69, 9.17) is 14.2 Å². The minimum atomic E-state index is -1.08. The first-order chi connectivity index (χ1) is 12.4. The lowest BCUT2D eigenvalue weighted by Gasteiger charge is -2.40. The van der Waals surface area contributed by atoms with Crippen molar-refractivity contribution >= 4 is 11.8 Å². The van der Waals surface area contributed by atoms with E-state index in [2.05, 4.69) is 10.2 Å². The van der Waals surface area contributed by atoms with Crippen molar-refractivity contribution in [3.8, 4) is 0 Å². The molecule has 148 valence electrons. The molecule has 0 saturated carbocycles. The zero-order valence-corrected chi connectivity index (χ0v) is 15.9. The molecule has 8 nitrogen and oxygen atoms in total. The number of likely N-dealkylation sites (tertiary alicyclic amines) is 1. The summed E-state index contributed by atoms with van der Waals surface area (Å²) in [7, 11) is 0. The smallest absolute Gasteiger partial charge is 0.237 e. The number of ether oxygens (including phenoxy) is 3. The van der Waals surface area contributed by atoms with Crippen molar-refractivity contribution in [3.05, 3.63) is 0 Å². The number of rotatable bonds is 5. The molecule has 3 fully saturated rings. The fourth-order valence-corrected chi connectivity index (χ4v) is 3.70. The minimum Gasteiger partial charge on any atom is -0.379 e. The van der Waals surface area contributed by atoms with Gasteiger partial charge in [-0.3, -0.25) is 14.5 Å². The van der Waals surface area contributed by atoms with Crippen LogP contribution >= 0.6 is 0 Å². The Balaban J connectivity index is 1.45. The average molecular weight is 369 g/mol. The van der Waals surface area contributed by atoms with Crippen LogP contribution in [0.5, 0.6) is 0 Å². The van der Waals surface area contributed by atoms with Crippen LogP contribution in [0.15, 0.2) is 0 Å². The highest BCUT2D eigenvalue weighted by Gasteiger charge is 2.45. The zero-order valence-electron chi connectivity index (χ0n) is 15.9. The summed E-state index contributed by atoms with van der Waals surface area (Å²) in [5.74, 6) is -0.861. The van der Waals surface area contributed by atoms with Gasteiger partial charge in [0, 0.05) is 52.1 Å². The van der Waals surface area contributed by atoms with E-state index in [0.29, 0.717) is 45.7 Å². The Labute approximate surface area is 155 Å². The molecule has 0 unspecified atom stereocenters. The summed E-state index contributed by atoms with van der Waals surface area (Å²) in [6, 6.07) is 0. The molecule has 0 bridgehead atoms. The summed E-state index contributed by atoms with van der Waals surface area (Å²) in [4.78, 5) is 29.5. The summed E-state index contributed by atoms with van der Waals surface area (Å²) in [6.07, 6.45) is 1.32. The van der Waals surface area contributed by atoms with Crippen LogP contribution in [0.3, 0.4) is 0 Å². The van der Waals surface area contributed by atoms with Gasteiger partial charge in [-0.05, 0) is 13.8 Å². The largest absolute Gasteiger partial charge is 0.379 e. The molecule has 1 N–H and O–H groups in total. The number of morpholine rings is 1. The molecule has 0 aromatic rings. The molecule has 0 aromatic carbocycles.